The van der Waals surface area contributed by atoms with E-state index in [0.717, 1.165) is 55.2 Å². The fraction of sp³-hybridized carbons (Fsp3) is 0.611. The molecular weight excluding hydrogens is 513 g/mol. The molecule has 1 unspecified atom stereocenters. The highest BCUT2D eigenvalue weighted by Crippen LogP contribution is 2.15. The minimum atomic E-state index is 0. The Hall–Kier alpha value is -0.580. The average Bonchev–Trinajstić information content (AvgIpc) is 3.14. The molecule has 0 radical (unpaired) electrons. The van der Waals surface area contributed by atoms with Crippen molar-refractivity contribution >= 4 is 45.9 Å². The smallest absolute Gasteiger partial charge is 0.191 e. The van der Waals surface area contributed by atoms with Gasteiger partial charge in [-0.25, -0.2) is 0 Å². The lowest BCUT2D eigenvalue weighted by atomic mass is 10.2. The van der Waals surface area contributed by atoms with Gasteiger partial charge in [-0.05, 0) is 43.5 Å². The Kier molecular flexibility index (Phi) is 13.1. The van der Waals surface area contributed by atoms with Crippen molar-refractivity contribution in [3.05, 3.63) is 28.7 Å². The first kappa shape index (κ1) is 23.5. The number of aliphatic imine (C=N–C) groups is 1. The lowest BCUT2D eigenvalue weighted by Gasteiger charge is -2.13. The number of benzene rings is 1. The Balaban J connectivity index is 0.00000338. The van der Waals surface area contributed by atoms with Crippen LogP contribution in [0.2, 0.25) is 0 Å². The largest absolute Gasteiger partial charge is 0.492 e. The van der Waals surface area contributed by atoms with Crippen molar-refractivity contribution < 1.29 is 14.2 Å². The summed E-state index contributed by atoms with van der Waals surface area (Å²) in [6, 6.07) is 7.80. The van der Waals surface area contributed by atoms with Gasteiger partial charge in [0.15, 0.2) is 5.96 Å². The van der Waals surface area contributed by atoms with Crippen LogP contribution in [0.15, 0.2) is 33.7 Å². The van der Waals surface area contributed by atoms with E-state index in [-0.39, 0.29) is 24.0 Å². The highest BCUT2D eigenvalue weighted by Gasteiger charge is 2.14. The first-order valence-corrected chi connectivity index (χ1v) is 9.59. The van der Waals surface area contributed by atoms with Gasteiger partial charge in [-0.1, -0.05) is 15.9 Å². The van der Waals surface area contributed by atoms with Crippen molar-refractivity contribution in [1.29, 1.82) is 0 Å². The van der Waals surface area contributed by atoms with Crippen molar-refractivity contribution in [1.82, 2.24) is 10.6 Å². The normalized spacial score (nSPS) is 16.8. The van der Waals surface area contributed by atoms with E-state index in [0.29, 0.717) is 25.9 Å². The zero-order chi connectivity index (χ0) is 17.7. The van der Waals surface area contributed by atoms with Crippen LogP contribution >= 0.6 is 39.9 Å². The minimum Gasteiger partial charge on any atom is -0.492 e. The van der Waals surface area contributed by atoms with Crippen LogP contribution in [0.1, 0.15) is 19.3 Å². The molecule has 0 bridgehead atoms. The third-order valence-corrected chi connectivity index (χ3v) is 4.31. The Morgan fingerprint density at radius 3 is 2.69 bits per heavy atom. The van der Waals surface area contributed by atoms with Crippen LogP contribution in [0.4, 0.5) is 0 Å². The van der Waals surface area contributed by atoms with E-state index in [1.165, 1.54) is 0 Å². The van der Waals surface area contributed by atoms with Crippen molar-refractivity contribution in [2.75, 3.05) is 46.6 Å². The fourth-order valence-corrected chi connectivity index (χ4v) is 2.73. The molecule has 0 spiro atoms. The molecule has 1 fully saturated rings. The molecule has 26 heavy (non-hydrogen) atoms. The third-order valence-electron chi connectivity index (χ3n) is 3.79. The van der Waals surface area contributed by atoms with Crippen molar-refractivity contribution in [2.45, 2.75) is 25.4 Å². The predicted octanol–water partition coefficient (Wildman–Crippen LogP) is 3.20. The van der Waals surface area contributed by atoms with Gasteiger partial charge in [-0.3, -0.25) is 4.99 Å². The standard InChI is InChI=1S/C18H28BrN3O3.HI/c1-20-18(21-9-3-11-23-14-17-4-2-12-24-17)22-10-13-25-16-7-5-15(19)6-8-16;/h5-8,17H,2-4,9-14H2,1H3,(H2,20,21,22);1H. The van der Waals surface area contributed by atoms with E-state index in [2.05, 4.69) is 31.6 Å². The summed E-state index contributed by atoms with van der Waals surface area (Å²) >= 11 is 3.41. The van der Waals surface area contributed by atoms with Gasteiger partial charge in [0.2, 0.25) is 0 Å². The summed E-state index contributed by atoms with van der Waals surface area (Å²) in [5, 5.41) is 6.50. The summed E-state index contributed by atoms with van der Waals surface area (Å²) in [4.78, 5) is 4.20. The molecule has 0 aliphatic carbocycles. The molecule has 8 heteroatoms. The topological polar surface area (TPSA) is 64.1 Å². The van der Waals surface area contributed by atoms with Gasteiger partial charge in [-0.15, -0.1) is 24.0 Å². The second kappa shape index (κ2) is 14.5. The molecule has 1 atom stereocenters. The molecule has 1 aromatic rings. The van der Waals surface area contributed by atoms with Crippen LogP contribution in [0.3, 0.4) is 0 Å². The predicted molar refractivity (Wildman–Crippen MR) is 119 cm³/mol. The van der Waals surface area contributed by atoms with Gasteiger partial charge < -0.3 is 24.8 Å². The molecule has 148 valence electrons. The summed E-state index contributed by atoms with van der Waals surface area (Å²) < 4.78 is 17.9. The first-order chi connectivity index (χ1) is 12.3. The summed E-state index contributed by atoms with van der Waals surface area (Å²) in [6.07, 6.45) is 3.51. The SMILES string of the molecule is CN=C(NCCCOCC1CCCO1)NCCOc1ccc(Br)cc1.I. The fourth-order valence-electron chi connectivity index (χ4n) is 2.46. The van der Waals surface area contributed by atoms with Gasteiger partial charge in [0.1, 0.15) is 12.4 Å². The van der Waals surface area contributed by atoms with Gasteiger partial charge >= 0.3 is 0 Å². The second-order valence-corrected chi connectivity index (χ2v) is 6.71. The van der Waals surface area contributed by atoms with E-state index in [1.807, 2.05) is 24.3 Å². The van der Waals surface area contributed by atoms with Crippen molar-refractivity contribution in [3.63, 3.8) is 0 Å². The lowest BCUT2D eigenvalue weighted by Crippen LogP contribution is -2.39. The summed E-state index contributed by atoms with van der Waals surface area (Å²) in [6.45, 7) is 4.40. The number of hydrogen-bond donors (Lipinski definition) is 2. The number of rotatable bonds is 10. The van der Waals surface area contributed by atoms with Gasteiger partial charge in [0.05, 0.1) is 19.3 Å². The Labute approximate surface area is 181 Å². The molecular formula is C18H29BrIN3O3. The maximum atomic E-state index is 5.66. The highest BCUT2D eigenvalue weighted by atomic mass is 127. The van der Waals surface area contributed by atoms with E-state index in [1.54, 1.807) is 7.05 Å². The molecule has 0 amide bonds. The van der Waals surface area contributed by atoms with Crippen LogP contribution in [-0.4, -0.2) is 58.6 Å². The van der Waals surface area contributed by atoms with Crippen LogP contribution in [-0.2, 0) is 9.47 Å². The zero-order valence-electron chi connectivity index (χ0n) is 15.2. The number of guanidine groups is 1. The molecule has 1 aliphatic heterocycles. The summed E-state index contributed by atoms with van der Waals surface area (Å²) in [5.74, 6) is 1.63. The highest BCUT2D eigenvalue weighted by molar-refractivity contribution is 14.0. The molecule has 1 aliphatic rings. The van der Waals surface area contributed by atoms with Gasteiger partial charge in [0, 0.05) is 31.3 Å². The first-order valence-electron chi connectivity index (χ1n) is 8.80. The molecule has 1 aromatic carbocycles. The van der Waals surface area contributed by atoms with Crippen molar-refractivity contribution in [3.8, 4) is 5.75 Å². The van der Waals surface area contributed by atoms with Gasteiger partial charge in [-0.2, -0.15) is 0 Å². The third kappa shape index (κ3) is 9.94. The maximum Gasteiger partial charge on any atom is 0.191 e. The minimum absolute atomic E-state index is 0. The number of nitrogens with zero attached hydrogens (tertiary/aromatic N) is 1. The lowest BCUT2D eigenvalue weighted by molar-refractivity contribution is 0.0168. The zero-order valence-corrected chi connectivity index (χ0v) is 19.1. The van der Waals surface area contributed by atoms with Crippen LogP contribution in [0.25, 0.3) is 0 Å². The van der Waals surface area contributed by atoms with E-state index in [4.69, 9.17) is 14.2 Å². The Bertz CT molecular complexity index is 511. The number of hydrogen-bond acceptors (Lipinski definition) is 4. The average molecular weight is 542 g/mol. The summed E-state index contributed by atoms with van der Waals surface area (Å²) in [7, 11) is 1.76. The number of halogens is 2. The van der Waals surface area contributed by atoms with Crippen LogP contribution in [0.5, 0.6) is 5.75 Å². The van der Waals surface area contributed by atoms with Crippen LogP contribution in [0, 0.1) is 0 Å². The Morgan fingerprint density at radius 1 is 1.23 bits per heavy atom. The van der Waals surface area contributed by atoms with E-state index < -0.39 is 0 Å². The molecule has 1 heterocycles. The number of nitrogens with one attached hydrogen (secondary N) is 2. The van der Waals surface area contributed by atoms with E-state index in [9.17, 15) is 0 Å². The van der Waals surface area contributed by atoms with Gasteiger partial charge in [0.25, 0.3) is 0 Å². The molecule has 1 saturated heterocycles. The second-order valence-electron chi connectivity index (χ2n) is 5.79. The van der Waals surface area contributed by atoms with Crippen molar-refractivity contribution in [2.24, 2.45) is 4.99 Å². The molecule has 2 rings (SSSR count). The Morgan fingerprint density at radius 2 is 2.00 bits per heavy atom. The number of ether oxygens (including phenoxy) is 3. The molecule has 0 aromatic heterocycles. The monoisotopic (exact) mass is 541 g/mol. The van der Waals surface area contributed by atoms with E-state index >= 15 is 0 Å². The quantitative estimate of drug-likeness (QED) is 0.206. The van der Waals surface area contributed by atoms with Crippen LogP contribution < -0.4 is 15.4 Å². The molecule has 6 nitrogen and oxygen atoms in total. The summed E-state index contributed by atoms with van der Waals surface area (Å²) in [5.41, 5.74) is 0. The molecule has 0 saturated carbocycles. The molecule has 2 N–H and O–H groups in total. The maximum absolute atomic E-state index is 5.66.